The third-order valence-corrected chi connectivity index (χ3v) is 5.38. The molecule has 1 fully saturated rings. The highest BCUT2D eigenvalue weighted by molar-refractivity contribution is 7.13. The van der Waals surface area contributed by atoms with Crippen LogP contribution in [0.25, 0.3) is 17.8 Å². The molecule has 2 aliphatic heterocycles. The Morgan fingerprint density at radius 2 is 1.92 bits per heavy atom. The zero-order valence-corrected chi connectivity index (χ0v) is 14.8. The first-order valence-electron chi connectivity index (χ1n) is 8.00. The van der Waals surface area contributed by atoms with Gasteiger partial charge in [-0.05, 0) is 11.6 Å². The second-order valence-electron chi connectivity index (χ2n) is 5.74. The van der Waals surface area contributed by atoms with Crippen molar-refractivity contribution in [2.75, 3.05) is 26.3 Å². The van der Waals surface area contributed by atoms with Crippen LogP contribution < -0.4 is 0 Å². The van der Waals surface area contributed by atoms with Crippen LogP contribution in [0, 0.1) is 0 Å². The maximum absolute atomic E-state index is 6.29. The summed E-state index contributed by atoms with van der Waals surface area (Å²) in [4.78, 5) is 8.32. The van der Waals surface area contributed by atoms with Gasteiger partial charge in [-0.25, -0.2) is 4.98 Å². The minimum Gasteiger partial charge on any atom is -0.378 e. The van der Waals surface area contributed by atoms with Gasteiger partial charge in [0.05, 0.1) is 36.0 Å². The summed E-state index contributed by atoms with van der Waals surface area (Å²) >= 11 is 8.01. The van der Waals surface area contributed by atoms with Crippen molar-refractivity contribution >= 4 is 41.0 Å². The summed E-state index contributed by atoms with van der Waals surface area (Å²) in [6.07, 6.45) is 6.19. The lowest BCUT2D eigenvalue weighted by molar-refractivity contribution is 0.0635. The minimum atomic E-state index is 0.639. The zero-order chi connectivity index (χ0) is 16.4. The Balaban J connectivity index is 1.61. The van der Waals surface area contributed by atoms with Crippen LogP contribution in [0.2, 0.25) is 0 Å². The van der Waals surface area contributed by atoms with Crippen molar-refractivity contribution in [3.05, 3.63) is 57.7 Å². The molecule has 0 aliphatic carbocycles. The highest BCUT2D eigenvalue weighted by atomic mass is 35.5. The average molecular weight is 360 g/mol. The topological polar surface area (TPSA) is 28.6 Å². The first kappa shape index (κ1) is 15.7. The van der Waals surface area contributed by atoms with E-state index in [1.165, 1.54) is 10.4 Å². The third-order valence-electron chi connectivity index (χ3n) is 4.08. The summed E-state index contributed by atoms with van der Waals surface area (Å²) in [5.41, 5.74) is 3.38. The van der Waals surface area contributed by atoms with Gasteiger partial charge in [0.1, 0.15) is 5.01 Å². The lowest BCUT2D eigenvalue weighted by atomic mass is 10.2. The summed E-state index contributed by atoms with van der Waals surface area (Å²) in [5, 5.41) is 1.01. The Morgan fingerprint density at radius 3 is 2.71 bits per heavy atom. The van der Waals surface area contributed by atoms with Gasteiger partial charge in [0.15, 0.2) is 0 Å². The molecule has 0 atom stereocenters. The average Bonchev–Trinajstić information content (AvgIpc) is 3.03. The van der Waals surface area contributed by atoms with E-state index in [1.54, 1.807) is 15.8 Å². The summed E-state index contributed by atoms with van der Waals surface area (Å²) < 4.78 is 7.15. The Labute approximate surface area is 150 Å². The number of ether oxygens (including phenoxy) is 1. The van der Waals surface area contributed by atoms with E-state index >= 15 is 0 Å². The first-order valence-corrected chi connectivity index (χ1v) is 9.15. The van der Waals surface area contributed by atoms with Crippen LogP contribution in [0.15, 0.2) is 36.5 Å². The molecule has 0 spiro atoms. The summed E-state index contributed by atoms with van der Waals surface area (Å²) in [6, 6.07) is 10.3. The molecule has 1 saturated heterocycles. The molecule has 6 heteroatoms. The van der Waals surface area contributed by atoms with Crippen LogP contribution in [0.5, 0.6) is 0 Å². The number of hydrogen-bond donors (Lipinski definition) is 0. The van der Waals surface area contributed by atoms with Gasteiger partial charge in [-0.15, -0.1) is 11.3 Å². The van der Waals surface area contributed by atoms with E-state index in [0.29, 0.717) is 6.54 Å². The molecule has 2 aromatic rings. The molecule has 0 unspecified atom stereocenters. The van der Waals surface area contributed by atoms with Gasteiger partial charge in [-0.1, -0.05) is 36.4 Å². The normalized spacial score (nSPS) is 18.0. The van der Waals surface area contributed by atoms with Crippen molar-refractivity contribution < 1.29 is 4.74 Å². The lowest BCUT2D eigenvalue weighted by Gasteiger charge is -2.33. The number of hydrogen-bond acceptors (Lipinski definition) is 5. The van der Waals surface area contributed by atoms with Gasteiger partial charge < -0.3 is 9.64 Å². The quantitative estimate of drug-likeness (QED) is 0.777. The monoisotopic (exact) mass is 359 g/mol. The number of nitrogens with zero attached hydrogens (tertiary/aromatic N) is 3. The summed E-state index contributed by atoms with van der Waals surface area (Å²) in [6.45, 7) is 3.94. The fourth-order valence-corrected chi connectivity index (χ4v) is 4.11. The molecule has 0 bridgehead atoms. The van der Waals surface area contributed by atoms with Crippen molar-refractivity contribution in [3.63, 3.8) is 0 Å². The number of benzene rings is 1. The van der Waals surface area contributed by atoms with Gasteiger partial charge in [0.2, 0.25) is 0 Å². The molecule has 0 N–H and O–H groups in total. The van der Waals surface area contributed by atoms with Crippen LogP contribution in [0.4, 0.5) is 0 Å². The standard InChI is InChI=1S/C18H18ClN3OS/c19-22-12-15-18(16(13-22)21-8-10-23-11-9-21)24-17(20-15)7-6-14-4-2-1-3-5-14/h1-7,13H,8-12H2. The smallest absolute Gasteiger partial charge is 0.117 e. The molecule has 0 radical (unpaired) electrons. The SMILES string of the molecule is ClN1C=C(N2CCOCC2)c2sc(C=Cc3ccccc3)nc2C1. The van der Waals surface area contributed by atoms with E-state index in [1.807, 2.05) is 24.4 Å². The molecular weight excluding hydrogens is 342 g/mol. The molecular formula is C18H18ClN3OS. The Bertz CT molecular complexity index is 766. The van der Waals surface area contributed by atoms with Gasteiger partial charge in [0, 0.05) is 31.1 Å². The molecule has 4 rings (SSSR count). The largest absolute Gasteiger partial charge is 0.378 e. The summed E-state index contributed by atoms with van der Waals surface area (Å²) in [7, 11) is 0. The molecule has 4 nitrogen and oxygen atoms in total. The second-order valence-corrected chi connectivity index (χ2v) is 7.21. The van der Waals surface area contributed by atoms with Gasteiger partial charge >= 0.3 is 0 Å². The summed E-state index contributed by atoms with van der Waals surface area (Å²) in [5.74, 6) is 0. The molecule has 2 aliphatic rings. The number of halogens is 1. The van der Waals surface area contributed by atoms with E-state index in [4.69, 9.17) is 21.5 Å². The lowest BCUT2D eigenvalue weighted by Crippen LogP contribution is -2.36. The molecule has 0 amide bonds. The van der Waals surface area contributed by atoms with E-state index in [9.17, 15) is 0 Å². The predicted molar refractivity (Wildman–Crippen MR) is 99.2 cm³/mol. The van der Waals surface area contributed by atoms with Crippen LogP contribution in [-0.2, 0) is 11.3 Å². The third kappa shape index (κ3) is 3.34. The van der Waals surface area contributed by atoms with E-state index in [0.717, 1.165) is 42.7 Å². The van der Waals surface area contributed by atoms with Crippen molar-refractivity contribution in [3.8, 4) is 0 Å². The van der Waals surface area contributed by atoms with Gasteiger partial charge in [-0.3, -0.25) is 4.42 Å². The maximum atomic E-state index is 6.29. The number of thiazole rings is 1. The number of rotatable bonds is 3. The fraction of sp³-hybridized carbons (Fsp3) is 0.278. The van der Waals surface area contributed by atoms with Gasteiger partial charge in [-0.2, -0.15) is 0 Å². The minimum absolute atomic E-state index is 0.639. The van der Waals surface area contributed by atoms with Crippen molar-refractivity contribution in [1.29, 1.82) is 0 Å². The Hall–Kier alpha value is -1.82. The van der Waals surface area contributed by atoms with Crippen LogP contribution in [-0.4, -0.2) is 40.6 Å². The highest BCUT2D eigenvalue weighted by Crippen LogP contribution is 2.35. The Morgan fingerprint density at radius 1 is 1.12 bits per heavy atom. The molecule has 1 aromatic heterocycles. The molecule has 1 aromatic carbocycles. The Kier molecular flexibility index (Phi) is 4.56. The first-order chi connectivity index (χ1) is 11.8. The second kappa shape index (κ2) is 6.97. The van der Waals surface area contributed by atoms with Gasteiger partial charge in [0.25, 0.3) is 0 Å². The maximum Gasteiger partial charge on any atom is 0.117 e. The zero-order valence-electron chi connectivity index (χ0n) is 13.2. The van der Waals surface area contributed by atoms with E-state index in [2.05, 4.69) is 29.2 Å². The number of fused-ring (bicyclic) bond motifs is 1. The molecule has 0 saturated carbocycles. The molecule has 124 valence electrons. The van der Waals surface area contributed by atoms with Crippen LogP contribution >= 0.6 is 23.1 Å². The van der Waals surface area contributed by atoms with Crippen molar-refractivity contribution in [2.24, 2.45) is 0 Å². The van der Waals surface area contributed by atoms with E-state index < -0.39 is 0 Å². The van der Waals surface area contributed by atoms with E-state index in [-0.39, 0.29) is 0 Å². The number of aromatic nitrogens is 1. The molecule has 3 heterocycles. The van der Waals surface area contributed by atoms with Crippen LogP contribution in [0.1, 0.15) is 21.1 Å². The molecule has 24 heavy (non-hydrogen) atoms. The predicted octanol–water partition coefficient (Wildman–Crippen LogP) is 3.91. The fourth-order valence-electron chi connectivity index (χ4n) is 2.89. The number of morpholine rings is 1. The van der Waals surface area contributed by atoms with Crippen LogP contribution in [0.3, 0.4) is 0 Å². The van der Waals surface area contributed by atoms with Crippen molar-refractivity contribution in [1.82, 2.24) is 14.3 Å². The highest BCUT2D eigenvalue weighted by Gasteiger charge is 2.26. The van der Waals surface area contributed by atoms with Crippen molar-refractivity contribution in [2.45, 2.75) is 6.54 Å².